The molecule has 3 aromatic rings. The SMILES string of the molecule is Cc1ccccc1[C@@H](NC(=O)Nc1ccccc1)c1ccccc1. The Bertz CT molecular complexity index is 800. The van der Waals surface area contributed by atoms with Crippen molar-refractivity contribution in [2.45, 2.75) is 13.0 Å². The number of amides is 2. The van der Waals surface area contributed by atoms with Crippen LogP contribution in [0.5, 0.6) is 0 Å². The van der Waals surface area contributed by atoms with Gasteiger partial charge in [0.05, 0.1) is 6.04 Å². The van der Waals surface area contributed by atoms with Crippen molar-refractivity contribution in [2.24, 2.45) is 0 Å². The molecule has 0 aromatic heterocycles. The number of hydrogen-bond acceptors (Lipinski definition) is 1. The molecular formula is C21H20N2O. The summed E-state index contributed by atoms with van der Waals surface area (Å²) in [6.07, 6.45) is 0. The maximum atomic E-state index is 12.5. The van der Waals surface area contributed by atoms with Gasteiger partial charge in [-0.25, -0.2) is 4.79 Å². The van der Waals surface area contributed by atoms with Crippen molar-refractivity contribution in [3.05, 3.63) is 102 Å². The highest BCUT2D eigenvalue weighted by atomic mass is 16.2. The third kappa shape index (κ3) is 3.82. The van der Waals surface area contributed by atoms with E-state index in [1.807, 2.05) is 72.8 Å². The fourth-order valence-electron chi connectivity index (χ4n) is 2.72. The molecule has 24 heavy (non-hydrogen) atoms. The molecule has 1 atom stereocenters. The van der Waals surface area contributed by atoms with Crippen molar-refractivity contribution in [1.29, 1.82) is 0 Å². The zero-order valence-electron chi connectivity index (χ0n) is 13.6. The van der Waals surface area contributed by atoms with Gasteiger partial charge in [-0.05, 0) is 35.7 Å². The normalized spacial score (nSPS) is 11.5. The Labute approximate surface area is 142 Å². The molecule has 3 rings (SSSR count). The van der Waals surface area contributed by atoms with Crippen LogP contribution in [0, 0.1) is 6.92 Å². The number of nitrogens with one attached hydrogen (secondary N) is 2. The van der Waals surface area contributed by atoms with Crippen LogP contribution in [0.2, 0.25) is 0 Å². The lowest BCUT2D eigenvalue weighted by molar-refractivity contribution is 0.250. The van der Waals surface area contributed by atoms with Crippen LogP contribution in [0.4, 0.5) is 10.5 Å². The fraction of sp³-hybridized carbons (Fsp3) is 0.0952. The Kier molecular flexibility index (Phi) is 4.92. The molecule has 3 heteroatoms. The number of carbonyl (C=O) groups excluding carboxylic acids is 1. The third-order valence-corrected chi connectivity index (χ3v) is 3.94. The summed E-state index contributed by atoms with van der Waals surface area (Å²) in [6, 6.07) is 27.1. The number of carbonyl (C=O) groups is 1. The maximum absolute atomic E-state index is 12.5. The summed E-state index contributed by atoms with van der Waals surface area (Å²) < 4.78 is 0. The smallest absolute Gasteiger partial charge is 0.319 e. The predicted molar refractivity (Wildman–Crippen MR) is 98.1 cm³/mol. The second-order valence-corrected chi connectivity index (χ2v) is 5.66. The van der Waals surface area contributed by atoms with Crippen LogP contribution in [0.15, 0.2) is 84.9 Å². The highest BCUT2D eigenvalue weighted by Gasteiger charge is 2.18. The van der Waals surface area contributed by atoms with Crippen LogP contribution in [-0.2, 0) is 0 Å². The summed E-state index contributed by atoms with van der Waals surface area (Å²) in [4.78, 5) is 12.5. The molecule has 3 aromatic carbocycles. The van der Waals surface area contributed by atoms with E-state index in [0.717, 1.165) is 22.4 Å². The molecule has 3 nitrogen and oxygen atoms in total. The van der Waals surface area contributed by atoms with Crippen molar-refractivity contribution >= 4 is 11.7 Å². The molecular weight excluding hydrogens is 296 g/mol. The Morgan fingerprint density at radius 3 is 2.04 bits per heavy atom. The van der Waals surface area contributed by atoms with Crippen molar-refractivity contribution in [2.75, 3.05) is 5.32 Å². The number of aryl methyl sites for hydroxylation is 1. The van der Waals surface area contributed by atoms with Gasteiger partial charge in [-0.15, -0.1) is 0 Å². The van der Waals surface area contributed by atoms with E-state index in [0.29, 0.717) is 0 Å². The van der Waals surface area contributed by atoms with Gasteiger partial charge in [-0.3, -0.25) is 0 Å². The molecule has 0 saturated carbocycles. The van der Waals surface area contributed by atoms with E-state index in [2.05, 4.69) is 29.7 Å². The second kappa shape index (κ2) is 7.47. The summed E-state index contributed by atoms with van der Waals surface area (Å²) in [6.45, 7) is 2.06. The Balaban J connectivity index is 1.86. The van der Waals surface area contributed by atoms with E-state index < -0.39 is 0 Å². The standard InChI is InChI=1S/C21H20N2O/c1-16-10-8-9-15-19(16)20(17-11-4-2-5-12-17)23-21(24)22-18-13-6-3-7-14-18/h2-15,20H,1H3,(H2,22,23,24)/t20-/m0/s1. The fourth-order valence-corrected chi connectivity index (χ4v) is 2.72. The van der Waals surface area contributed by atoms with E-state index >= 15 is 0 Å². The van der Waals surface area contributed by atoms with E-state index in [9.17, 15) is 4.79 Å². The third-order valence-electron chi connectivity index (χ3n) is 3.94. The van der Waals surface area contributed by atoms with Crippen LogP contribution in [0.25, 0.3) is 0 Å². The molecule has 0 radical (unpaired) electrons. The summed E-state index contributed by atoms with van der Waals surface area (Å²) >= 11 is 0. The number of hydrogen-bond donors (Lipinski definition) is 2. The van der Waals surface area contributed by atoms with E-state index in [4.69, 9.17) is 0 Å². The number of para-hydroxylation sites is 1. The van der Waals surface area contributed by atoms with Gasteiger partial charge in [0.2, 0.25) is 0 Å². The maximum Gasteiger partial charge on any atom is 0.319 e. The minimum atomic E-state index is -0.224. The van der Waals surface area contributed by atoms with Gasteiger partial charge < -0.3 is 10.6 Å². The molecule has 120 valence electrons. The zero-order valence-corrected chi connectivity index (χ0v) is 13.6. The summed E-state index contributed by atoms with van der Waals surface area (Å²) in [5.74, 6) is 0. The lowest BCUT2D eigenvalue weighted by Crippen LogP contribution is -2.33. The van der Waals surface area contributed by atoms with Gasteiger partial charge >= 0.3 is 6.03 Å². The Morgan fingerprint density at radius 1 is 0.792 bits per heavy atom. The molecule has 0 aliphatic rings. The first kappa shape index (κ1) is 15.8. The first-order valence-corrected chi connectivity index (χ1v) is 7.97. The number of urea groups is 1. The van der Waals surface area contributed by atoms with Crippen molar-refractivity contribution in [3.8, 4) is 0 Å². The first-order valence-electron chi connectivity index (χ1n) is 7.97. The molecule has 2 amide bonds. The van der Waals surface area contributed by atoms with Gasteiger partial charge in [0.15, 0.2) is 0 Å². The topological polar surface area (TPSA) is 41.1 Å². The molecule has 0 aliphatic heterocycles. The molecule has 2 N–H and O–H groups in total. The van der Waals surface area contributed by atoms with Crippen molar-refractivity contribution in [3.63, 3.8) is 0 Å². The number of benzene rings is 3. The quantitative estimate of drug-likeness (QED) is 0.706. The first-order chi connectivity index (χ1) is 11.7. The molecule has 0 fully saturated rings. The lowest BCUT2D eigenvalue weighted by Gasteiger charge is -2.22. The Morgan fingerprint density at radius 2 is 1.38 bits per heavy atom. The molecule has 0 unspecified atom stereocenters. The highest BCUT2D eigenvalue weighted by Crippen LogP contribution is 2.24. The molecule has 0 aliphatic carbocycles. The Hall–Kier alpha value is -3.07. The van der Waals surface area contributed by atoms with Crippen LogP contribution in [-0.4, -0.2) is 6.03 Å². The zero-order chi connectivity index (χ0) is 16.8. The monoisotopic (exact) mass is 316 g/mol. The average molecular weight is 316 g/mol. The van der Waals surface area contributed by atoms with Gasteiger partial charge in [0, 0.05) is 5.69 Å². The lowest BCUT2D eigenvalue weighted by atomic mass is 9.95. The summed E-state index contributed by atoms with van der Waals surface area (Å²) in [5, 5.41) is 5.97. The predicted octanol–water partition coefficient (Wildman–Crippen LogP) is 4.91. The minimum absolute atomic E-state index is 0.198. The second-order valence-electron chi connectivity index (χ2n) is 5.66. The van der Waals surface area contributed by atoms with Gasteiger partial charge in [0.25, 0.3) is 0 Å². The largest absolute Gasteiger partial charge is 0.327 e. The number of anilines is 1. The number of rotatable bonds is 4. The van der Waals surface area contributed by atoms with Gasteiger partial charge in [-0.2, -0.15) is 0 Å². The molecule has 0 saturated heterocycles. The van der Waals surface area contributed by atoms with E-state index in [1.54, 1.807) is 0 Å². The molecule has 0 bridgehead atoms. The van der Waals surface area contributed by atoms with Gasteiger partial charge in [-0.1, -0.05) is 72.8 Å². The molecule has 0 heterocycles. The van der Waals surface area contributed by atoms with Crippen LogP contribution >= 0.6 is 0 Å². The van der Waals surface area contributed by atoms with Crippen LogP contribution in [0.1, 0.15) is 22.7 Å². The van der Waals surface area contributed by atoms with Crippen LogP contribution in [0.3, 0.4) is 0 Å². The van der Waals surface area contributed by atoms with Gasteiger partial charge in [0.1, 0.15) is 0 Å². The average Bonchev–Trinajstić information content (AvgIpc) is 2.62. The van der Waals surface area contributed by atoms with Crippen molar-refractivity contribution in [1.82, 2.24) is 5.32 Å². The summed E-state index contributed by atoms with van der Waals surface area (Å²) in [7, 11) is 0. The highest BCUT2D eigenvalue weighted by molar-refractivity contribution is 5.89. The van der Waals surface area contributed by atoms with Crippen molar-refractivity contribution < 1.29 is 4.79 Å². The molecule has 0 spiro atoms. The minimum Gasteiger partial charge on any atom is -0.327 e. The van der Waals surface area contributed by atoms with E-state index in [-0.39, 0.29) is 12.1 Å². The van der Waals surface area contributed by atoms with E-state index in [1.165, 1.54) is 0 Å². The van der Waals surface area contributed by atoms with Crippen LogP contribution < -0.4 is 10.6 Å². The summed E-state index contributed by atoms with van der Waals surface area (Å²) in [5.41, 5.74) is 4.06.